The smallest absolute Gasteiger partial charge is 0.245 e. The number of benzene rings is 2. The van der Waals surface area contributed by atoms with Gasteiger partial charge in [-0.3, -0.25) is 9.59 Å². The molecule has 2 aromatic carbocycles. The van der Waals surface area contributed by atoms with E-state index in [1.165, 1.54) is 28.8 Å². The summed E-state index contributed by atoms with van der Waals surface area (Å²) in [5.41, 5.74) is 4.50. The van der Waals surface area contributed by atoms with Gasteiger partial charge in [-0.05, 0) is 79.8 Å². The molecule has 0 bridgehead atoms. The molecule has 228 valence electrons. The van der Waals surface area contributed by atoms with E-state index in [2.05, 4.69) is 55.7 Å². The summed E-state index contributed by atoms with van der Waals surface area (Å²) in [6.07, 6.45) is 6.46. The molecule has 41 heavy (non-hydrogen) atoms. The molecule has 2 N–H and O–H groups in total. The number of likely N-dealkylation sites (N-methyl/N-ethyl adjacent to an activating group) is 1. The van der Waals surface area contributed by atoms with Crippen molar-refractivity contribution >= 4 is 11.8 Å². The number of nitrogens with one attached hydrogen (secondary N) is 2. The number of allylic oxidation sites excluding steroid dienone is 1. The second kappa shape index (κ2) is 17.0. The van der Waals surface area contributed by atoms with Gasteiger partial charge in [0.1, 0.15) is 11.6 Å². The number of carbonyl (C=O) groups is 2. The minimum Gasteiger partial charge on any atom is -0.356 e. The van der Waals surface area contributed by atoms with E-state index >= 15 is 0 Å². The third-order valence-electron chi connectivity index (χ3n) is 6.99. The van der Waals surface area contributed by atoms with Crippen molar-refractivity contribution in [2.45, 2.75) is 91.5 Å². The molecule has 0 radical (unpaired) electrons. The van der Waals surface area contributed by atoms with E-state index in [-0.39, 0.29) is 22.8 Å². The second-order valence-corrected chi connectivity index (χ2v) is 11.7. The van der Waals surface area contributed by atoms with Crippen LogP contribution in [0.3, 0.4) is 0 Å². The largest absolute Gasteiger partial charge is 0.356 e. The molecule has 1 aliphatic carbocycles. The first-order valence-electron chi connectivity index (χ1n) is 14.7. The lowest BCUT2D eigenvalue weighted by molar-refractivity contribution is -0.123. The fourth-order valence-corrected chi connectivity index (χ4v) is 4.67. The van der Waals surface area contributed by atoms with E-state index in [1.54, 1.807) is 32.8 Å². The Bertz CT molecular complexity index is 1090. The zero-order valence-corrected chi connectivity index (χ0v) is 26.6. The van der Waals surface area contributed by atoms with E-state index in [9.17, 15) is 18.4 Å². The van der Waals surface area contributed by atoms with Gasteiger partial charge in [0, 0.05) is 45.2 Å². The molecular formula is C34H51F2N3O2. The topological polar surface area (TPSA) is 61.4 Å². The maximum Gasteiger partial charge on any atom is 0.245 e. The first-order chi connectivity index (χ1) is 19.2. The predicted molar refractivity (Wildman–Crippen MR) is 166 cm³/mol. The van der Waals surface area contributed by atoms with Crippen molar-refractivity contribution in [1.82, 2.24) is 15.5 Å². The van der Waals surface area contributed by atoms with Crippen molar-refractivity contribution < 1.29 is 18.4 Å². The summed E-state index contributed by atoms with van der Waals surface area (Å²) >= 11 is 0. The van der Waals surface area contributed by atoms with Crippen molar-refractivity contribution in [3.8, 4) is 0 Å². The summed E-state index contributed by atoms with van der Waals surface area (Å²) in [6, 6.07) is 12.4. The van der Waals surface area contributed by atoms with Crippen molar-refractivity contribution in [3.63, 3.8) is 0 Å². The van der Waals surface area contributed by atoms with Gasteiger partial charge in [0.2, 0.25) is 11.8 Å². The molecule has 2 aromatic rings. The fraction of sp³-hybridized carbons (Fsp3) is 0.529. The molecule has 0 spiro atoms. The summed E-state index contributed by atoms with van der Waals surface area (Å²) in [5, 5.41) is 6.70. The lowest BCUT2D eigenvalue weighted by Gasteiger charge is -2.40. The molecule has 0 atom stereocenters. The Morgan fingerprint density at radius 3 is 2.05 bits per heavy atom. The highest BCUT2D eigenvalue weighted by Gasteiger charge is 2.35. The molecule has 5 nitrogen and oxygen atoms in total. The van der Waals surface area contributed by atoms with Crippen LogP contribution in [-0.2, 0) is 20.5 Å². The number of carbonyl (C=O) groups excluding carboxylic acids is 2. The van der Waals surface area contributed by atoms with E-state index in [0.717, 1.165) is 44.7 Å². The van der Waals surface area contributed by atoms with Crippen LogP contribution in [0, 0.1) is 18.6 Å². The third kappa shape index (κ3) is 12.6. The van der Waals surface area contributed by atoms with Gasteiger partial charge in [-0.15, -0.1) is 0 Å². The normalized spacial score (nSPS) is 16.4. The quantitative estimate of drug-likeness (QED) is 0.273. The number of aryl methyl sites for hydroxylation is 1. The molecule has 1 aliphatic rings. The summed E-state index contributed by atoms with van der Waals surface area (Å²) in [4.78, 5) is 24.9. The minimum atomic E-state index is -0.521. The van der Waals surface area contributed by atoms with Crippen LogP contribution in [0.25, 0.3) is 0 Å². The van der Waals surface area contributed by atoms with Crippen LogP contribution in [0.4, 0.5) is 8.78 Å². The van der Waals surface area contributed by atoms with Crippen molar-refractivity contribution in [2.75, 3.05) is 27.2 Å². The molecule has 0 saturated heterocycles. The molecule has 3 rings (SSSR count). The van der Waals surface area contributed by atoms with Gasteiger partial charge in [0.15, 0.2) is 0 Å². The maximum atomic E-state index is 12.2. The number of nitrogens with zero attached hydrogens (tertiary/aromatic N) is 1. The molecule has 0 unspecified atom stereocenters. The van der Waals surface area contributed by atoms with Gasteiger partial charge in [0.25, 0.3) is 0 Å². The number of hydrogen-bond acceptors (Lipinski definition) is 3. The van der Waals surface area contributed by atoms with Gasteiger partial charge >= 0.3 is 0 Å². The SMILES string of the molecule is CC.CC(=O)NCCCNC1(c2cccc(C(C)(C)C)c2)CCC(=CC(=O)N(C)C)CC1.Cc1cc(F)cc(F)c1. The van der Waals surface area contributed by atoms with E-state index in [0.29, 0.717) is 12.1 Å². The summed E-state index contributed by atoms with van der Waals surface area (Å²) < 4.78 is 24.4. The Labute approximate surface area is 246 Å². The maximum absolute atomic E-state index is 12.2. The molecule has 1 saturated carbocycles. The van der Waals surface area contributed by atoms with Gasteiger partial charge in [-0.1, -0.05) is 64.5 Å². The zero-order valence-electron chi connectivity index (χ0n) is 26.6. The predicted octanol–water partition coefficient (Wildman–Crippen LogP) is 7.18. The van der Waals surface area contributed by atoms with Crippen LogP contribution >= 0.6 is 0 Å². The Hall–Kier alpha value is -3.06. The third-order valence-corrected chi connectivity index (χ3v) is 6.99. The highest BCUT2D eigenvalue weighted by Crippen LogP contribution is 2.40. The van der Waals surface area contributed by atoms with E-state index in [4.69, 9.17) is 0 Å². The molecule has 7 heteroatoms. The van der Waals surface area contributed by atoms with Crippen LogP contribution in [0.15, 0.2) is 54.1 Å². The summed E-state index contributed by atoms with van der Waals surface area (Å²) in [7, 11) is 3.59. The number of hydrogen-bond donors (Lipinski definition) is 2. The lowest BCUT2D eigenvalue weighted by atomic mass is 9.73. The number of amides is 2. The monoisotopic (exact) mass is 571 g/mol. The van der Waals surface area contributed by atoms with Gasteiger partial charge in [-0.2, -0.15) is 0 Å². The number of halogens is 2. The Balaban J connectivity index is 0.000000641. The summed E-state index contributed by atoms with van der Waals surface area (Å²) in [5.74, 6) is -0.962. The molecular weight excluding hydrogens is 520 g/mol. The highest BCUT2D eigenvalue weighted by molar-refractivity contribution is 5.87. The minimum absolute atomic E-state index is 0.0144. The Morgan fingerprint density at radius 1 is 0.976 bits per heavy atom. The first kappa shape index (κ1) is 36.0. The highest BCUT2D eigenvalue weighted by atomic mass is 19.1. The average molecular weight is 572 g/mol. The second-order valence-electron chi connectivity index (χ2n) is 11.7. The van der Waals surface area contributed by atoms with Crippen LogP contribution in [-0.4, -0.2) is 43.9 Å². The lowest BCUT2D eigenvalue weighted by Crippen LogP contribution is -2.45. The molecule has 2 amide bonds. The first-order valence-corrected chi connectivity index (χ1v) is 14.7. The molecule has 0 heterocycles. The van der Waals surface area contributed by atoms with E-state index < -0.39 is 11.6 Å². The van der Waals surface area contributed by atoms with Gasteiger partial charge in [0.05, 0.1) is 0 Å². The standard InChI is InChI=1S/C25H39N3O2.C7H6F2.C2H6/c1-19(29)26-15-8-16-27-25(22-10-7-9-21(18-22)24(2,3)4)13-11-20(12-14-25)17-23(30)28(5)6;1-5-2-6(8)4-7(9)3-5;1-2/h7,9-10,17-18,27H,8,11-16H2,1-6H3,(H,26,29);2-4H,1H3;1-2H3. The van der Waals surface area contributed by atoms with Crippen molar-refractivity contribution in [3.05, 3.63) is 82.4 Å². The van der Waals surface area contributed by atoms with Crippen LogP contribution < -0.4 is 10.6 Å². The average Bonchev–Trinajstić information content (AvgIpc) is 2.89. The van der Waals surface area contributed by atoms with E-state index in [1.807, 2.05) is 19.9 Å². The zero-order chi connectivity index (χ0) is 31.2. The Kier molecular flexibility index (Phi) is 14.9. The fourth-order valence-electron chi connectivity index (χ4n) is 4.67. The summed E-state index contributed by atoms with van der Waals surface area (Å²) in [6.45, 7) is 15.5. The van der Waals surface area contributed by atoms with Crippen LogP contribution in [0.2, 0.25) is 0 Å². The van der Waals surface area contributed by atoms with Gasteiger partial charge in [-0.25, -0.2) is 8.78 Å². The van der Waals surface area contributed by atoms with Crippen LogP contribution in [0.5, 0.6) is 0 Å². The molecule has 0 aliphatic heterocycles. The van der Waals surface area contributed by atoms with Gasteiger partial charge < -0.3 is 15.5 Å². The van der Waals surface area contributed by atoms with Crippen LogP contribution in [0.1, 0.15) is 90.3 Å². The van der Waals surface area contributed by atoms with Crippen molar-refractivity contribution in [1.29, 1.82) is 0 Å². The Morgan fingerprint density at radius 2 is 1.56 bits per heavy atom. The molecule has 0 aromatic heterocycles. The number of rotatable bonds is 7. The van der Waals surface area contributed by atoms with Crippen molar-refractivity contribution in [2.24, 2.45) is 0 Å². The molecule has 1 fully saturated rings.